The average molecular weight is 196 g/mol. The molecule has 2 nitrogen and oxygen atoms in total. The molecule has 0 aliphatic rings. The molecule has 1 rings (SSSR count). The highest BCUT2D eigenvalue weighted by Crippen LogP contribution is 2.26. The zero-order chi connectivity index (χ0) is 10.6. The summed E-state index contributed by atoms with van der Waals surface area (Å²) in [5.41, 5.74) is 0. The van der Waals surface area contributed by atoms with Crippen LogP contribution in [0.3, 0.4) is 0 Å². The maximum atomic E-state index is 9.87. The number of furan rings is 1. The van der Waals surface area contributed by atoms with Crippen LogP contribution in [0.25, 0.3) is 0 Å². The Labute approximate surface area is 85.9 Å². The van der Waals surface area contributed by atoms with Crippen LogP contribution in [-0.2, 0) is 0 Å². The Hall–Kier alpha value is -0.760. The number of aliphatic hydroxyl groups excluding tert-OH is 1. The highest BCUT2D eigenvalue weighted by Gasteiger charge is 2.15. The lowest BCUT2D eigenvalue weighted by molar-refractivity contribution is 0.116. The molecule has 1 heterocycles. The molecule has 0 aromatic carbocycles. The minimum Gasteiger partial charge on any atom is -0.464 e. The van der Waals surface area contributed by atoms with Crippen molar-refractivity contribution < 1.29 is 9.52 Å². The van der Waals surface area contributed by atoms with E-state index in [9.17, 15) is 5.11 Å². The van der Waals surface area contributed by atoms with Gasteiger partial charge in [-0.3, -0.25) is 0 Å². The van der Waals surface area contributed by atoms with Gasteiger partial charge in [0.05, 0.1) is 0 Å². The first-order chi connectivity index (χ1) is 6.67. The van der Waals surface area contributed by atoms with E-state index in [1.54, 1.807) is 0 Å². The lowest BCUT2D eigenvalue weighted by Crippen LogP contribution is -2.05. The van der Waals surface area contributed by atoms with Crippen molar-refractivity contribution in [3.05, 3.63) is 23.7 Å². The highest BCUT2D eigenvalue weighted by atomic mass is 16.4. The van der Waals surface area contributed by atoms with Crippen LogP contribution in [0.5, 0.6) is 0 Å². The summed E-state index contributed by atoms with van der Waals surface area (Å²) in [6.45, 7) is 6.22. The van der Waals surface area contributed by atoms with Crippen molar-refractivity contribution in [2.45, 2.75) is 46.1 Å². The van der Waals surface area contributed by atoms with Crippen LogP contribution in [0.2, 0.25) is 0 Å². The fourth-order valence-electron chi connectivity index (χ4n) is 1.69. The summed E-state index contributed by atoms with van der Waals surface area (Å²) in [5, 5.41) is 9.87. The van der Waals surface area contributed by atoms with Gasteiger partial charge in [-0.15, -0.1) is 0 Å². The van der Waals surface area contributed by atoms with Gasteiger partial charge in [-0.2, -0.15) is 0 Å². The summed E-state index contributed by atoms with van der Waals surface area (Å²) in [6.07, 6.45) is 2.61. The molecule has 0 saturated carbocycles. The first-order valence-electron chi connectivity index (χ1n) is 5.41. The van der Waals surface area contributed by atoms with E-state index in [2.05, 4.69) is 13.8 Å². The van der Waals surface area contributed by atoms with Gasteiger partial charge in [0.1, 0.15) is 17.6 Å². The predicted molar refractivity (Wildman–Crippen MR) is 57.1 cm³/mol. The third-order valence-electron chi connectivity index (χ3n) is 2.80. The lowest BCUT2D eigenvalue weighted by atomic mass is 9.95. The second-order valence-corrected chi connectivity index (χ2v) is 3.88. The Bertz CT molecular complexity index is 261. The molecule has 0 fully saturated rings. The summed E-state index contributed by atoms with van der Waals surface area (Å²) in [6, 6.07) is 3.76. The van der Waals surface area contributed by atoms with Crippen LogP contribution in [0.15, 0.2) is 16.5 Å². The zero-order valence-corrected chi connectivity index (χ0v) is 9.29. The summed E-state index contributed by atoms with van der Waals surface area (Å²) in [7, 11) is 0. The van der Waals surface area contributed by atoms with Gasteiger partial charge in [0.25, 0.3) is 0 Å². The highest BCUT2D eigenvalue weighted by molar-refractivity contribution is 5.07. The van der Waals surface area contributed by atoms with Crippen LogP contribution >= 0.6 is 0 Å². The summed E-state index contributed by atoms with van der Waals surface area (Å²) >= 11 is 0. The number of hydrogen-bond donors (Lipinski definition) is 1. The third kappa shape index (κ3) is 2.88. The minimum atomic E-state index is -0.436. The average Bonchev–Trinajstić information content (AvgIpc) is 2.61. The minimum absolute atomic E-state index is 0.436. The second-order valence-electron chi connectivity index (χ2n) is 3.88. The Kier molecular flexibility index (Phi) is 4.21. The fraction of sp³-hybridized carbons (Fsp3) is 0.667. The quantitative estimate of drug-likeness (QED) is 0.782. The van der Waals surface area contributed by atoms with Crippen molar-refractivity contribution in [1.29, 1.82) is 0 Å². The summed E-state index contributed by atoms with van der Waals surface area (Å²) in [5.74, 6) is 2.16. The smallest absolute Gasteiger partial charge is 0.132 e. The standard InChI is InChI=1S/C12H20O2/c1-4-10(5-2)8-11(13)12-7-6-9(3)14-12/h6-7,10-11,13H,4-5,8H2,1-3H3. The number of rotatable bonds is 5. The molecule has 1 unspecified atom stereocenters. The van der Waals surface area contributed by atoms with Crippen molar-refractivity contribution in [2.24, 2.45) is 5.92 Å². The molecular weight excluding hydrogens is 176 g/mol. The molecule has 80 valence electrons. The van der Waals surface area contributed by atoms with E-state index in [4.69, 9.17) is 4.42 Å². The third-order valence-corrected chi connectivity index (χ3v) is 2.80. The molecule has 0 amide bonds. The largest absolute Gasteiger partial charge is 0.464 e. The van der Waals surface area contributed by atoms with E-state index >= 15 is 0 Å². The monoisotopic (exact) mass is 196 g/mol. The zero-order valence-electron chi connectivity index (χ0n) is 9.29. The molecule has 2 heteroatoms. The number of hydrogen-bond acceptors (Lipinski definition) is 2. The van der Waals surface area contributed by atoms with Crippen LogP contribution in [0.1, 0.15) is 50.7 Å². The number of aryl methyl sites for hydroxylation is 1. The molecule has 0 spiro atoms. The summed E-state index contributed by atoms with van der Waals surface area (Å²) < 4.78 is 5.39. The van der Waals surface area contributed by atoms with Gasteiger partial charge in [-0.1, -0.05) is 26.7 Å². The molecule has 0 saturated heterocycles. The molecule has 0 radical (unpaired) electrons. The molecule has 14 heavy (non-hydrogen) atoms. The van der Waals surface area contributed by atoms with Crippen LogP contribution in [0, 0.1) is 12.8 Å². The lowest BCUT2D eigenvalue weighted by Gasteiger charge is -2.15. The van der Waals surface area contributed by atoms with Gasteiger partial charge >= 0.3 is 0 Å². The molecule has 1 atom stereocenters. The Morgan fingerprint density at radius 3 is 2.36 bits per heavy atom. The molecule has 0 aliphatic carbocycles. The topological polar surface area (TPSA) is 33.4 Å². The molecule has 0 bridgehead atoms. The van der Waals surface area contributed by atoms with Gasteiger partial charge in [-0.05, 0) is 31.4 Å². The molecule has 1 aromatic heterocycles. The van der Waals surface area contributed by atoms with Crippen molar-refractivity contribution in [3.63, 3.8) is 0 Å². The van der Waals surface area contributed by atoms with Crippen molar-refractivity contribution >= 4 is 0 Å². The van der Waals surface area contributed by atoms with E-state index < -0.39 is 6.10 Å². The maximum Gasteiger partial charge on any atom is 0.132 e. The first kappa shape index (κ1) is 11.3. The Morgan fingerprint density at radius 2 is 1.93 bits per heavy atom. The van der Waals surface area contributed by atoms with Crippen LogP contribution in [0.4, 0.5) is 0 Å². The van der Waals surface area contributed by atoms with Crippen molar-refractivity contribution in [3.8, 4) is 0 Å². The van der Waals surface area contributed by atoms with E-state index in [1.165, 1.54) is 0 Å². The molecular formula is C12H20O2. The van der Waals surface area contributed by atoms with Gasteiger partial charge in [0.2, 0.25) is 0 Å². The van der Waals surface area contributed by atoms with Gasteiger partial charge in [0, 0.05) is 0 Å². The van der Waals surface area contributed by atoms with E-state index in [0.29, 0.717) is 11.7 Å². The maximum absolute atomic E-state index is 9.87. The SMILES string of the molecule is CCC(CC)CC(O)c1ccc(C)o1. The predicted octanol–water partition coefficient (Wildman–Crippen LogP) is 3.45. The van der Waals surface area contributed by atoms with Gasteiger partial charge in [-0.25, -0.2) is 0 Å². The van der Waals surface area contributed by atoms with Crippen molar-refractivity contribution in [2.75, 3.05) is 0 Å². The Balaban J connectivity index is 2.53. The van der Waals surface area contributed by atoms with E-state index in [1.807, 2.05) is 19.1 Å². The van der Waals surface area contributed by atoms with Crippen LogP contribution in [-0.4, -0.2) is 5.11 Å². The second kappa shape index (κ2) is 5.20. The van der Waals surface area contributed by atoms with Gasteiger partial charge < -0.3 is 9.52 Å². The molecule has 0 aliphatic heterocycles. The summed E-state index contributed by atoms with van der Waals surface area (Å²) in [4.78, 5) is 0. The molecule has 1 N–H and O–H groups in total. The fourth-order valence-corrected chi connectivity index (χ4v) is 1.69. The number of aliphatic hydroxyl groups is 1. The van der Waals surface area contributed by atoms with Crippen molar-refractivity contribution in [1.82, 2.24) is 0 Å². The van der Waals surface area contributed by atoms with E-state index in [0.717, 1.165) is 25.0 Å². The molecule has 1 aromatic rings. The Morgan fingerprint density at radius 1 is 1.29 bits per heavy atom. The van der Waals surface area contributed by atoms with Crippen LogP contribution < -0.4 is 0 Å². The first-order valence-corrected chi connectivity index (χ1v) is 5.41. The normalized spacial score (nSPS) is 13.5. The van der Waals surface area contributed by atoms with E-state index in [-0.39, 0.29) is 0 Å². The van der Waals surface area contributed by atoms with Gasteiger partial charge in [0.15, 0.2) is 0 Å².